The second-order valence-electron chi connectivity index (χ2n) is 3.52. The Morgan fingerprint density at radius 1 is 1.56 bits per heavy atom. The Bertz CT molecular complexity index is 380. The lowest BCUT2D eigenvalue weighted by Gasteiger charge is -2.10. The highest BCUT2D eigenvalue weighted by Crippen LogP contribution is 2.27. The van der Waals surface area contributed by atoms with Crippen LogP contribution in [0.4, 0.5) is 0 Å². The molecule has 16 heavy (non-hydrogen) atoms. The number of ether oxygens (including phenoxy) is 1. The van der Waals surface area contributed by atoms with Gasteiger partial charge in [-0.2, -0.15) is 0 Å². The molecule has 0 aliphatic carbocycles. The number of unbranched alkanes of at least 4 members (excludes halogenated alkanes) is 1. The largest absolute Gasteiger partial charge is 0.492 e. The lowest BCUT2D eigenvalue weighted by Crippen LogP contribution is -1.98. The zero-order valence-electron chi connectivity index (χ0n) is 9.24. The van der Waals surface area contributed by atoms with Crippen molar-refractivity contribution in [3.8, 4) is 18.1 Å². The topological polar surface area (TPSA) is 29.5 Å². The molecule has 0 saturated carbocycles. The molecule has 1 rings (SSSR count). The van der Waals surface area contributed by atoms with Crippen molar-refractivity contribution in [2.75, 3.05) is 6.61 Å². The molecule has 2 nitrogen and oxygen atoms in total. The van der Waals surface area contributed by atoms with E-state index in [4.69, 9.17) is 22.8 Å². The maximum Gasteiger partial charge on any atom is 0.137 e. The van der Waals surface area contributed by atoms with Gasteiger partial charge in [0.1, 0.15) is 5.75 Å². The summed E-state index contributed by atoms with van der Waals surface area (Å²) >= 11 is 6.01. The Morgan fingerprint density at radius 2 is 2.31 bits per heavy atom. The van der Waals surface area contributed by atoms with Gasteiger partial charge >= 0.3 is 0 Å². The van der Waals surface area contributed by atoms with Crippen molar-refractivity contribution in [2.24, 2.45) is 0 Å². The molecule has 0 aliphatic heterocycles. The molecule has 0 amide bonds. The Balaban J connectivity index is 2.58. The summed E-state index contributed by atoms with van der Waals surface area (Å²) in [5.74, 6) is 3.17. The van der Waals surface area contributed by atoms with Gasteiger partial charge in [0, 0.05) is 6.42 Å². The molecule has 0 aromatic heterocycles. The first-order valence-corrected chi connectivity index (χ1v) is 5.56. The SMILES string of the molecule is C#CCCCOc1ccc(C(C)O)cc1Cl. The highest BCUT2D eigenvalue weighted by molar-refractivity contribution is 6.32. The number of terminal acetylenes is 1. The van der Waals surface area contributed by atoms with E-state index in [1.54, 1.807) is 25.1 Å². The van der Waals surface area contributed by atoms with Crippen molar-refractivity contribution in [3.63, 3.8) is 0 Å². The molecule has 1 atom stereocenters. The number of hydrogen-bond donors (Lipinski definition) is 1. The first-order valence-electron chi connectivity index (χ1n) is 5.19. The first-order chi connectivity index (χ1) is 7.65. The van der Waals surface area contributed by atoms with E-state index in [9.17, 15) is 5.11 Å². The number of hydrogen-bond acceptors (Lipinski definition) is 2. The maximum atomic E-state index is 9.36. The minimum Gasteiger partial charge on any atom is -0.492 e. The van der Waals surface area contributed by atoms with E-state index in [0.717, 1.165) is 12.0 Å². The van der Waals surface area contributed by atoms with Crippen LogP contribution in [0.15, 0.2) is 18.2 Å². The number of benzene rings is 1. The van der Waals surface area contributed by atoms with Gasteiger partial charge in [-0.1, -0.05) is 17.7 Å². The van der Waals surface area contributed by atoms with E-state index < -0.39 is 6.10 Å². The molecule has 1 aromatic rings. The molecule has 0 saturated heterocycles. The van der Waals surface area contributed by atoms with Crippen molar-refractivity contribution < 1.29 is 9.84 Å². The fourth-order valence-corrected chi connectivity index (χ4v) is 1.49. The van der Waals surface area contributed by atoms with Crippen LogP contribution in [-0.4, -0.2) is 11.7 Å². The molecule has 0 radical (unpaired) electrons. The normalized spacial score (nSPS) is 11.9. The van der Waals surface area contributed by atoms with Crippen LogP contribution in [0.3, 0.4) is 0 Å². The van der Waals surface area contributed by atoms with Crippen LogP contribution in [0.2, 0.25) is 5.02 Å². The average molecular weight is 239 g/mol. The van der Waals surface area contributed by atoms with Gasteiger partial charge in [0.25, 0.3) is 0 Å². The summed E-state index contributed by atoms with van der Waals surface area (Å²) in [5, 5.41) is 9.88. The lowest BCUT2D eigenvalue weighted by molar-refractivity contribution is 0.199. The molecular weight excluding hydrogens is 224 g/mol. The van der Waals surface area contributed by atoms with Gasteiger partial charge in [0.2, 0.25) is 0 Å². The third kappa shape index (κ3) is 3.77. The second-order valence-corrected chi connectivity index (χ2v) is 3.93. The summed E-state index contributed by atoms with van der Waals surface area (Å²) in [5.41, 5.74) is 0.779. The summed E-state index contributed by atoms with van der Waals surface area (Å²) in [6.07, 6.45) is 6.12. The lowest BCUT2D eigenvalue weighted by atomic mass is 10.1. The fraction of sp³-hybridized carbons (Fsp3) is 0.385. The number of aliphatic hydroxyl groups is 1. The zero-order chi connectivity index (χ0) is 12.0. The summed E-state index contributed by atoms with van der Waals surface area (Å²) in [4.78, 5) is 0. The third-order valence-electron chi connectivity index (χ3n) is 2.16. The summed E-state index contributed by atoms with van der Waals surface area (Å²) in [7, 11) is 0. The minimum atomic E-state index is -0.520. The first kappa shape index (κ1) is 12.9. The monoisotopic (exact) mass is 238 g/mol. The molecule has 0 bridgehead atoms. The van der Waals surface area contributed by atoms with Crippen molar-refractivity contribution >= 4 is 11.6 Å². The van der Waals surface area contributed by atoms with Gasteiger partial charge in [-0.25, -0.2) is 0 Å². The fourth-order valence-electron chi connectivity index (χ4n) is 1.25. The van der Waals surface area contributed by atoms with Crippen LogP contribution in [0, 0.1) is 12.3 Å². The highest BCUT2D eigenvalue weighted by atomic mass is 35.5. The molecule has 1 unspecified atom stereocenters. The minimum absolute atomic E-state index is 0.513. The van der Waals surface area contributed by atoms with Gasteiger partial charge in [-0.05, 0) is 31.0 Å². The summed E-state index contributed by atoms with van der Waals surface area (Å²) < 4.78 is 5.46. The van der Waals surface area contributed by atoms with E-state index in [0.29, 0.717) is 23.8 Å². The smallest absolute Gasteiger partial charge is 0.137 e. The van der Waals surface area contributed by atoms with Crippen LogP contribution in [0.25, 0.3) is 0 Å². The second kappa shape index (κ2) is 6.42. The van der Waals surface area contributed by atoms with E-state index in [-0.39, 0.29) is 0 Å². The quantitative estimate of drug-likeness (QED) is 0.631. The van der Waals surface area contributed by atoms with Crippen molar-refractivity contribution in [1.29, 1.82) is 0 Å². The van der Waals surface area contributed by atoms with Crippen LogP contribution in [0.5, 0.6) is 5.75 Å². The predicted octanol–water partition coefficient (Wildman–Crippen LogP) is 3.19. The molecule has 0 aliphatic rings. The van der Waals surface area contributed by atoms with Crippen molar-refractivity contribution in [3.05, 3.63) is 28.8 Å². The van der Waals surface area contributed by atoms with Gasteiger partial charge in [-0.3, -0.25) is 0 Å². The maximum absolute atomic E-state index is 9.36. The van der Waals surface area contributed by atoms with Gasteiger partial charge in [-0.15, -0.1) is 12.3 Å². The third-order valence-corrected chi connectivity index (χ3v) is 2.46. The van der Waals surface area contributed by atoms with Gasteiger partial charge < -0.3 is 9.84 Å². The van der Waals surface area contributed by atoms with Crippen molar-refractivity contribution in [2.45, 2.75) is 25.9 Å². The molecule has 1 aromatic carbocycles. The molecular formula is C13H15ClO2. The Hall–Kier alpha value is -1.17. The van der Waals surface area contributed by atoms with Crippen LogP contribution < -0.4 is 4.74 Å². The molecule has 0 spiro atoms. The number of rotatable bonds is 5. The van der Waals surface area contributed by atoms with Crippen LogP contribution in [-0.2, 0) is 0 Å². The van der Waals surface area contributed by atoms with Gasteiger partial charge in [0.15, 0.2) is 0 Å². The standard InChI is InChI=1S/C13H15ClO2/c1-3-4-5-8-16-13-7-6-11(10(2)15)9-12(13)14/h1,6-7,9-10,15H,4-5,8H2,2H3. The van der Waals surface area contributed by atoms with Gasteiger partial charge in [0.05, 0.1) is 17.7 Å². The molecule has 1 N–H and O–H groups in total. The highest BCUT2D eigenvalue weighted by Gasteiger charge is 2.06. The van der Waals surface area contributed by atoms with Crippen LogP contribution in [0.1, 0.15) is 31.4 Å². The molecule has 0 heterocycles. The summed E-state index contributed by atoms with van der Waals surface area (Å²) in [6.45, 7) is 2.25. The Labute approximate surface area is 101 Å². The predicted molar refractivity (Wildman–Crippen MR) is 65.6 cm³/mol. The van der Waals surface area contributed by atoms with E-state index in [2.05, 4.69) is 5.92 Å². The van der Waals surface area contributed by atoms with Crippen LogP contribution >= 0.6 is 11.6 Å². The number of aliphatic hydroxyl groups excluding tert-OH is 1. The molecule has 0 fully saturated rings. The Morgan fingerprint density at radius 3 is 2.88 bits per heavy atom. The number of halogens is 1. The van der Waals surface area contributed by atoms with E-state index in [1.165, 1.54) is 0 Å². The van der Waals surface area contributed by atoms with E-state index >= 15 is 0 Å². The molecule has 3 heteroatoms. The summed E-state index contributed by atoms with van der Waals surface area (Å²) in [6, 6.07) is 5.27. The van der Waals surface area contributed by atoms with Crippen molar-refractivity contribution in [1.82, 2.24) is 0 Å². The van der Waals surface area contributed by atoms with E-state index in [1.807, 2.05) is 0 Å². The Kier molecular flexibility index (Phi) is 5.18. The zero-order valence-corrected chi connectivity index (χ0v) is 10.00. The molecule has 86 valence electrons. The average Bonchev–Trinajstić information content (AvgIpc) is 2.26.